The largest absolute Gasteiger partial charge is 0.478 e. The van der Waals surface area contributed by atoms with Crippen molar-refractivity contribution in [3.05, 3.63) is 58.6 Å². The van der Waals surface area contributed by atoms with Gasteiger partial charge in [-0.05, 0) is 37.3 Å². The molecule has 0 saturated carbocycles. The molecule has 0 radical (unpaired) electrons. The van der Waals surface area contributed by atoms with Gasteiger partial charge in [-0.2, -0.15) is 0 Å². The van der Waals surface area contributed by atoms with E-state index in [1.807, 2.05) is 19.1 Å². The summed E-state index contributed by atoms with van der Waals surface area (Å²) in [6, 6.07) is 10.9. The van der Waals surface area contributed by atoms with Crippen LogP contribution in [-0.2, 0) is 0 Å². The molecule has 2 amide bonds. The highest BCUT2D eigenvalue weighted by atomic mass is 35.5. The van der Waals surface area contributed by atoms with Crippen molar-refractivity contribution in [3.63, 3.8) is 0 Å². The van der Waals surface area contributed by atoms with Crippen LogP contribution >= 0.6 is 11.6 Å². The summed E-state index contributed by atoms with van der Waals surface area (Å²) in [4.78, 5) is 22.8. The van der Waals surface area contributed by atoms with Crippen molar-refractivity contribution in [3.8, 4) is 0 Å². The molecule has 3 N–H and O–H groups in total. The summed E-state index contributed by atoms with van der Waals surface area (Å²) < 4.78 is 0. The minimum atomic E-state index is -1.09. The average Bonchev–Trinajstić information content (AvgIpc) is 2.43. The number of hydrogen-bond acceptors (Lipinski definition) is 2. The number of nitrogens with one attached hydrogen (secondary N) is 2. The maximum atomic E-state index is 11.9. The monoisotopic (exact) mass is 304 g/mol. The lowest BCUT2D eigenvalue weighted by Gasteiger charge is -2.10. The molecule has 0 fully saturated rings. The van der Waals surface area contributed by atoms with Crippen LogP contribution in [0.25, 0.3) is 0 Å². The molecule has 0 spiro atoms. The Hall–Kier alpha value is -2.53. The summed E-state index contributed by atoms with van der Waals surface area (Å²) in [6.45, 7) is 1.95. The van der Waals surface area contributed by atoms with E-state index in [1.54, 1.807) is 12.1 Å². The first-order valence-corrected chi connectivity index (χ1v) is 6.51. The van der Waals surface area contributed by atoms with Gasteiger partial charge in [0, 0.05) is 5.69 Å². The van der Waals surface area contributed by atoms with E-state index < -0.39 is 12.0 Å². The Kier molecular flexibility index (Phi) is 4.45. The number of carbonyl (C=O) groups excluding carboxylic acids is 1. The number of rotatable bonds is 3. The Morgan fingerprint density at radius 3 is 2.33 bits per heavy atom. The van der Waals surface area contributed by atoms with Gasteiger partial charge in [0.15, 0.2) is 0 Å². The van der Waals surface area contributed by atoms with Crippen LogP contribution in [0.1, 0.15) is 15.9 Å². The highest BCUT2D eigenvalue weighted by Gasteiger charge is 2.10. The number of aryl methyl sites for hydroxylation is 1. The van der Waals surface area contributed by atoms with Gasteiger partial charge in [-0.25, -0.2) is 9.59 Å². The molecule has 0 aliphatic rings. The molecule has 0 aliphatic heterocycles. The molecule has 5 nitrogen and oxygen atoms in total. The van der Waals surface area contributed by atoms with Crippen molar-refractivity contribution in [1.29, 1.82) is 0 Å². The lowest BCUT2D eigenvalue weighted by molar-refractivity contribution is 0.0697. The molecule has 0 aliphatic carbocycles. The number of anilines is 2. The molecule has 0 unspecified atom stereocenters. The number of benzene rings is 2. The Morgan fingerprint density at radius 1 is 1.05 bits per heavy atom. The topological polar surface area (TPSA) is 78.4 Å². The molecular formula is C15H13ClN2O3. The third-order valence-electron chi connectivity index (χ3n) is 2.77. The number of amides is 2. The van der Waals surface area contributed by atoms with Gasteiger partial charge in [0.05, 0.1) is 16.3 Å². The van der Waals surface area contributed by atoms with E-state index in [-0.39, 0.29) is 16.3 Å². The van der Waals surface area contributed by atoms with E-state index in [2.05, 4.69) is 10.6 Å². The number of aromatic carboxylic acids is 1. The van der Waals surface area contributed by atoms with E-state index in [9.17, 15) is 9.59 Å². The molecule has 0 atom stereocenters. The SMILES string of the molecule is Cc1ccc(NC(=O)Nc2cc(C(=O)O)ccc2Cl)cc1. The summed E-state index contributed by atoms with van der Waals surface area (Å²) in [5.41, 5.74) is 1.99. The fourth-order valence-electron chi connectivity index (χ4n) is 1.68. The quantitative estimate of drug-likeness (QED) is 0.802. The third kappa shape index (κ3) is 3.97. The number of urea groups is 1. The van der Waals surface area contributed by atoms with Crippen LogP contribution in [-0.4, -0.2) is 17.1 Å². The molecule has 0 saturated heterocycles. The first-order chi connectivity index (χ1) is 9.95. The summed E-state index contributed by atoms with van der Waals surface area (Å²) >= 11 is 5.93. The second kappa shape index (κ2) is 6.28. The molecular weight excluding hydrogens is 292 g/mol. The summed E-state index contributed by atoms with van der Waals surface area (Å²) in [5, 5.41) is 14.3. The van der Waals surface area contributed by atoms with Crippen molar-refractivity contribution in [1.82, 2.24) is 0 Å². The van der Waals surface area contributed by atoms with Crippen molar-refractivity contribution in [2.24, 2.45) is 0 Å². The molecule has 108 valence electrons. The van der Waals surface area contributed by atoms with Gasteiger partial charge in [-0.1, -0.05) is 29.3 Å². The number of carboxylic acid groups (broad SMARTS) is 1. The molecule has 2 rings (SSSR count). The van der Waals surface area contributed by atoms with Crippen LogP contribution in [0, 0.1) is 6.92 Å². The van der Waals surface area contributed by atoms with E-state index in [4.69, 9.17) is 16.7 Å². The molecule has 6 heteroatoms. The number of halogens is 1. The van der Waals surface area contributed by atoms with Gasteiger partial charge in [0.2, 0.25) is 0 Å². The van der Waals surface area contributed by atoms with Crippen molar-refractivity contribution < 1.29 is 14.7 Å². The third-order valence-corrected chi connectivity index (χ3v) is 3.10. The number of carboxylic acids is 1. The van der Waals surface area contributed by atoms with Crippen LogP contribution in [0.5, 0.6) is 0 Å². The van der Waals surface area contributed by atoms with Gasteiger partial charge in [0.1, 0.15) is 0 Å². The van der Waals surface area contributed by atoms with Gasteiger partial charge in [0.25, 0.3) is 0 Å². The zero-order chi connectivity index (χ0) is 15.4. The van der Waals surface area contributed by atoms with Gasteiger partial charge >= 0.3 is 12.0 Å². The Morgan fingerprint density at radius 2 is 1.71 bits per heavy atom. The average molecular weight is 305 g/mol. The number of hydrogen-bond donors (Lipinski definition) is 3. The second-order valence-corrected chi connectivity index (χ2v) is 4.85. The van der Waals surface area contributed by atoms with Gasteiger partial charge in [-0.3, -0.25) is 0 Å². The fourth-order valence-corrected chi connectivity index (χ4v) is 1.84. The summed E-state index contributed by atoms with van der Waals surface area (Å²) in [6.07, 6.45) is 0. The zero-order valence-corrected chi connectivity index (χ0v) is 11.9. The molecule has 0 heterocycles. The van der Waals surface area contributed by atoms with Crippen LogP contribution in [0.4, 0.5) is 16.2 Å². The van der Waals surface area contributed by atoms with Crippen LogP contribution in [0.2, 0.25) is 5.02 Å². The van der Waals surface area contributed by atoms with E-state index in [0.29, 0.717) is 5.69 Å². The predicted octanol–water partition coefficient (Wildman–Crippen LogP) is 3.99. The van der Waals surface area contributed by atoms with Crippen LogP contribution < -0.4 is 10.6 Å². The molecule has 0 aromatic heterocycles. The Balaban J connectivity index is 2.10. The lowest BCUT2D eigenvalue weighted by Crippen LogP contribution is -2.19. The smallest absolute Gasteiger partial charge is 0.335 e. The van der Waals surface area contributed by atoms with Crippen LogP contribution in [0.3, 0.4) is 0 Å². The van der Waals surface area contributed by atoms with Crippen molar-refractivity contribution >= 4 is 35.0 Å². The minimum absolute atomic E-state index is 0.0463. The van der Waals surface area contributed by atoms with Gasteiger partial charge < -0.3 is 15.7 Å². The summed E-state index contributed by atoms with van der Waals surface area (Å²) in [7, 11) is 0. The first-order valence-electron chi connectivity index (χ1n) is 6.13. The maximum absolute atomic E-state index is 11.9. The highest BCUT2D eigenvalue weighted by molar-refractivity contribution is 6.34. The van der Waals surface area contributed by atoms with Crippen LogP contribution in [0.15, 0.2) is 42.5 Å². The highest BCUT2D eigenvalue weighted by Crippen LogP contribution is 2.23. The second-order valence-electron chi connectivity index (χ2n) is 4.44. The molecule has 21 heavy (non-hydrogen) atoms. The lowest BCUT2D eigenvalue weighted by atomic mass is 10.2. The van der Waals surface area contributed by atoms with Gasteiger partial charge in [-0.15, -0.1) is 0 Å². The Labute approximate surface area is 126 Å². The fraction of sp³-hybridized carbons (Fsp3) is 0.0667. The van der Waals surface area contributed by atoms with E-state index in [1.165, 1.54) is 18.2 Å². The van der Waals surface area contributed by atoms with E-state index in [0.717, 1.165) is 5.56 Å². The molecule has 2 aromatic carbocycles. The Bertz CT molecular complexity index is 684. The molecule has 2 aromatic rings. The normalized spacial score (nSPS) is 10.0. The zero-order valence-electron chi connectivity index (χ0n) is 11.2. The predicted molar refractivity (Wildman–Crippen MR) is 82.2 cm³/mol. The maximum Gasteiger partial charge on any atom is 0.335 e. The van der Waals surface area contributed by atoms with Crippen molar-refractivity contribution in [2.75, 3.05) is 10.6 Å². The molecule has 0 bridgehead atoms. The van der Waals surface area contributed by atoms with E-state index >= 15 is 0 Å². The summed E-state index contributed by atoms with van der Waals surface area (Å²) in [5.74, 6) is -1.09. The van der Waals surface area contributed by atoms with Crippen molar-refractivity contribution in [2.45, 2.75) is 6.92 Å². The minimum Gasteiger partial charge on any atom is -0.478 e. The standard InChI is InChI=1S/C15H13ClN2O3/c1-9-2-5-11(6-3-9)17-15(21)18-13-8-10(14(19)20)4-7-12(13)16/h2-8H,1H3,(H,19,20)(H2,17,18,21). The first kappa shape index (κ1) is 14.9. The number of carbonyl (C=O) groups is 2.